The molecule has 0 atom stereocenters. The molecule has 14 heavy (non-hydrogen) atoms. The van der Waals surface area contributed by atoms with Crippen LogP contribution < -0.4 is 0 Å². The van der Waals surface area contributed by atoms with E-state index in [2.05, 4.69) is 4.98 Å². The number of nitro groups is 1. The van der Waals surface area contributed by atoms with Gasteiger partial charge >= 0.3 is 5.88 Å². The van der Waals surface area contributed by atoms with Gasteiger partial charge in [-0.05, 0) is 12.1 Å². The van der Waals surface area contributed by atoms with Crippen LogP contribution in [0.3, 0.4) is 0 Å². The minimum atomic E-state index is -0.612. The molecule has 1 heterocycles. The van der Waals surface area contributed by atoms with Gasteiger partial charge < -0.3 is 4.42 Å². The van der Waals surface area contributed by atoms with Gasteiger partial charge in [0.15, 0.2) is 0 Å². The molecule has 1 aromatic heterocycles. The fourth-order valence-electron chi connectivity index (χ4n) is 1.06. The lowest BCUT2D eigenvalue weighted by Gasteiger charge is -1.91. The average Bonchev–Trinajstić information content (AvgIpc) is 2.68. The van der Waals surface area contributed by atoms with E-state index < -0.39 is 4.92 Å². The highest BCUT2D eigenvalue weighted by atomic mass is 16.6. The van der Waals surface area contributed by atoms with E-state index in [0.717, 1.165) is 11.8 Å². The Bertz CT molecular complexity index is 450. The van der Waals surface area contributed by atoms with Gasteiger partial charge in [-0.1, -0.05) is 18.2 Å². The van der Waals surface area contributed by atoms with Crippen LogP contribution >= 0.6 is 0 Å². The topological polar surface area (TPSA) is 69.2 Å². The van der Waals surface area contributed by atoms with Crippen molar-refractivity contribution in [3.05, 3.63) is 46.6 Å². The number of aromatic nitrogens is 1. The Labute approximate surface area is 79.2 Å². The summed E-state index contributed by atoms with van der Waals surface area (Å²) in [6, 6.07) is 9.02. The molecule has 0 amide bonds. The van der Waals surface area contributed by atoms with Crippen LogP contribution in [0.1, 0.15) is 0 Å². The predicted molar refractivity (Wildman–Crippen MR) is 48.6 cm³/mol. The highest BCUT2D eigenvalue weighted by Gasteiger charge is 2.13. The molecule has 0 aliphatic carbocycles. The Morgan fingerprint density at radius 2 is 2.00 bits per heavy atom. The summed E-state index contributed by atoms with van der Waals surface area (Å²) in [5.41, 5.74) is 0.723. The van der Waals surface area contributed by atoms with E-state index in [1.54, 1.807) is 12.1 Å². The van der Waals surface area contributed by atoms with Crippen LogP contribution in [0.25, 0.3) is 11.5 Å². The van der Waals surface area contributed by atoms with Crippen molar-refractivity contribution in [1.29, 1.82) is 0 Å². The molecular formula is C9H6N2O3. The molecule has 0 fully saturated rings. The van der Waals surface area contributed by atoms with E-state index >= 15 is 0 Å². The summed E-state index contributed by atoms with van der Waals surface area (Å²) < 4.78 is 4.92. The average molecular weight is 190 g/mol. The standard InChI is InChI=1S/C9H6N2O3/c12-11(13)8-6-10-9(14-8)7-4-2-1-3-5-7/h1-6H. The van der Waals surface area contributed by atoms with Gasteiger partial charge in [0.1, 0.15) is 11.1 Å². The molecule has 70 valence electrons. The molecule has 0 spiro atoms. The van der Waals surface area contributed by atoms with Crippen molar-refractivity contribution in [2.24, 2.45) is 0 Å². The summed E-state index contributed by atoms with van der Waals surface area (Å²) in [6.45, 7) is 0. The SMILES string of the molecule is O=[N+]([O-])c1cnc(-c2ccccc2)o1. The zero-order valence-corrected chi connectivity index (χ0v) is 7.08. The van der Waals surface area contributed by atoms with Crippen molar-refractivity contribution in [2.45, 2.75) is 0 Å². The maximum absolute atomic E-state index is 10.3. The maximum atomic E-state index is 10.3. The normalized spacial score (nSPS) is 10.0. The molecular weight excluding hydrogens is 184 g/mol. The van der Waals surface area contributed by atoms with Gasteiger partial charge in [-0.25, -0.2) is 4.98 Å². The van der Waals surface area contributed by atoms with E-state index in [1.807, 2.05) is 18.2 Å². The molecule has 2 rings (SSSR count). The van der Waals surface area contributed by atoms with E-state index in [0.29, 0.717) is 0 Å². The summed E-state index contributed by atoms with van der Waals surface area (Å²) in [4.78, 5) is 13.5. The Kier molecular flexibility index (Phi) is 1.98. The first-order valence-corrected chi connectivity index (χ1v) is 3.93. The number of oxazole rings is 1. The molecule has 5 heteroatoms. The molecule has 1 aromatic carbocycles. The highest BCUT2D eigenvalue weighted by molar-refractivity contribution is 5.53. The second-order valence-electron chi connectivity index (χ2n) is 2.63. The number of benzene rings is 1. The van der Waals surface area contributed by atoms with Gasteiger partial charge in [-0.15, -0.1) is 0 Å². The zero-order chi connectivity index (χ0) is 9.97. The molecule has 2 aromatic rings. The monoisotopic (exact) mass is 190 g/mol. The molecule has 0 aliphatic rings. The van der Waals surface area contributed by atoms with Crippen LogP contribution in [-0.4, -0.2) is 9.91 Å². The minimum Gasteiger partial charge on any atom is -0.380 e. The van der Waals surface area contributed by atoms with Crippen LogP contribution in [0.4, 0.5) is 5.88 Å². The minimum absolute atomic E-state index is 0.261. The molecule has 0 radical (unpaired) electrons. The zero-order valence-electron chi connectivity index (χ0n) is 7.08. The molecule has 5 nitrogen and oxygen atoms in total. The predicted octanol–water partition coefficient (Wildman–Crippen LogP) is 2.25. The van der Waals surface area contributed by atoms with E-state index in [4.69, 9.17) is 4.42 Å². The van der Waals surface area contributed by atoms with Crippen molar-refractivity contribution in [1.82, 2.24) is 4.98 Å². The van der Waals surface area contributed by atoms with Gasteiger partial charge in [0.05, 0.1) is 0 Å². The lowest BCUT2D eigenvalue weighted by atomic mass is 10.2. The number of hydrogen-bond acceptors (Lipinski definition) is 4. The third-order valence-corrected chi connectivity index (χ3v) is 1.69. The third-order valence-electron chi connectivity index (χ3n) is 1.69. The van der Waals surface area contributed by atoms with Crippen LogP contribution in [0.15, 0.2) is 40.9 Å². The third kappa shape index (κ3) is 1.47. The Morgan fingerprint density at radius 3 is 2.57 bits per heavy atom. The molecule has 0 saturated heterocycles. The second-order valence-corrected chi connectivity index (χ2v) is 2.63. The molecule has 0 N–H and O–H groups in total. The largest absolute Gasteiger partial charge is 0.453 e. The molecule has 0 unspecified atom stereocenters. The highest BCUT2D eigenvalue weighted by Crippen LogP contribution is 2.21. The first kappa shape index (κ1) is 8.43. The van der Waals surface area contributed by atoms with Crippen LogP contribution in [0.5, 0.6) is 0 Å². The number of nitrogens with zero attached hydrogens (tertiary/aromatic N) is 2. The Morgan fingerprint density at radius 1 is 1.29 bits per heavy atom. The number of hydrogen-bond donors (Lipinski definition) is 0. The van der Waals surface area contributed by atoms with Gasteiger partial charge in [0.2, 0.25) is 5.89 Å². The molecule has 0 bridgehead atoms. The van der Waals surface area contributed by atoms with E-state index in [9.17, 15) is 10.1 Å². The van der Waals surface area contributed by atoms with Gasteiger partial charge in [-0.2, -0.15) is 0 Å². The van der Waals surface area contributed by atoms with Crippen molar-refractivity contribution < 1.29 is 9.34 Å². The second kappa shape index (κ2) is 3.29. The van der Waals surface area contributed by atoms with Crippen LogP contribution in [0.2, 0.25) is 0 Å². The van der Waals surface area contributed by atoms with Gasteiger partial charge in [0.25, 0.3) is 0 Å². The fraction of sp³-hybridized carbons (Fsp3) is 0. The Balaban J connectivity index is 2.39. The summed E-state index contributed by atoms with van der Waals surface area (Å²) in [5, 5.41) is 10.3. The lowest BCUT2D eigenvalue weighted by Crippen LogP contribution is -1.82. The summed E-state index contributed by atoms with van der Waals surface area (Å²) in [6.07, 6.45) is 1.10. The van der Waals surface area contributed by atoms with Crippen LogP contribution in [-0.2, 0) is 0 Å². The van der Waals surface area contributed by atoms with Crippen molar-refractivity contribution in [3.8, 4) is 11.5 Å². The Hall–Kier alpha value is -2.17. The van der Waals surface area contributed by atoms with Crippen molar-refractivity contribution >= 4 is 5.88 Å². The van der Waals surface area contributed by atoms with E-state index in [-0.39, 0.29) is 11.8 Å². The maximum Gasteiger partial charge on any atom is 0.453 e. The first-order chi connectivity index (χ1) is 6.77. The summed E-state index contributed by atoms with van der Waals surface area (Å²) in [7, 11) is 0. The smallest absolute Gasteiger partial charge is 0.380 e. The van der Waals surface area contributed by atoms with Gasteiger partial charge in [0, 0.05) is 5.56 Å². The fourth-order valence-corrected chi connectivity index (χ4v) is 1.06. The molecule has 0 saturated carbocycles. The van der Waals surface area contributed by atoms with E-state index in [1.165, 1.54) is 0 Å². The summed E-state index contributed by atoms with van der Waals surface area (Å²) >= 11 is 0. The van der Waals surface area contributed by atoms with Crippen LogP contribution in [0, 0.1) is 10.1 Å². The molecule has 0 aliphatic heterocycles. The van der Waals surface area contributed by atoms with Crippen molar-refractivity contribution in [2.75, 3.05) is 0 Å². The van der Waals surface area contributed by atoms with Crippen molar-refractivity contribution in [3.63, 3.8) is 0 Å². The first-order valence-electron chi connectivity index (χ1n) is 3.93. The quantitative estimate of drug-likeness (QED) is 0.537. The van der Waals surface area contributed by atoms with Gasteiger partial charge in [-0.3, -0.25) is 10.1 Å². The lowest BCUT2D eigenvalue weighted by molar-refractivity contribution is -0.401. The summed E-state index contributed by atoms with van der Waals surface area (Å²) in [5.74, 6) is -0.0823. The number of rotatable bonds is 2.